The maximum Gasteiger partial charge on any atom is 0.259 e. The van der Waals surface area contributed by atoms with Gasteiger partial charge in [0.15, 0.2) is 0 Å². The molecule has 4 nitrogen and oxygen atoms in total. The Balaban J connectivity index is 1.94. The van der Waals surface area contributed by atoms with Gasteiger partial charge in [0.1, 0.15) is 0 Å². The average molecular weight is 358 g/mol. The molecule has 0 heterocycles. The van der Waals surface area contributed by atoms with Crippen molar-refractivity contribution in [1.82, 2.24) is 5.43 Å². The first kappa shape index (κ1) is 19.0. The SMILES string of the molecule is CCCCCC(=NNC(=O)CNc1ccccc1Cl)c1ccccc1. The van der Waals surface area contributed by atoms with E-state index in [1.165, 1.54) is 0 Å². The Bertz CT molecular complexity index is 701. The van der Waals surface area contributed by atoms with Crippen LogP contribution in [0.2, 0.25) is 5.02 Å². The van der Waals surface area contributed by atoms with Crippen molar-refractivity contribution in [3.05, 3.63) is 65.2 Å². The van der Waals surface area contributed by atoms with E-state index in [1.54, 1.807) is 6.07 Å². The first-order chi connectivity index (χ1) is 12.2. The summed E-state index contributed by atoms with van der Waals surface area (Å²) in [5.41, 5.74) is 5.32. The van der Waals surface area contributed by atoms with Crippen molar-refractivity contribution >= 4 is 28.9 Å². The van der Waals surface area contributed by atoms with Crippen molar-refractivity contribution in [2.75, 3.05) is 11.9 Å². The topological polar surface area (TPSA) is 53.5 Å². The second kappa shape index (κ2) is 10.5. The number of hydrogen-bond acceptors (Lipinski definition) is 3. The van der Waals surface area contributed by atoms with Crippen LogP contribution in [-0.2, 0) is 4.79 Å². The number of carbonyl (C=O) groups is 1. The Labute approximate surface area is 154 Å². The van der Waals surface area contributed by atoms with Crippen LogP contribution in [0.15, 0.2) is 59.7 Å². The van der Waals surface area contributed by atoms with Gasteiger partial charge in [-0.05, 0) is 30.5 Å². The summed E-state index contributed by atoms with van der Waals surface area (Å²) in [6.45, 7) is 2.28. The number of unbranched alkanes of at least 4 members (excludes halogenated alkanes) is 2. The minimum absolute atomic E-state index is 0.115. The molecule has 0 aliphatic carbocycles. The van der Waals surface area contributed by atoms with Crippen LogP contribution >= 0.6 is 11.6 Å². The highest BCUT2D eigenvalue weighted by atomic mass is 35.5. The summed E-state index contributed by atoms with van der Waals surface area (Å²) in [5.74, 6) is -0.205. The van der Waals surface area contributed by atoms with Gasteiger partial charge in [-0.15, -0.1) is 0 Å². The number of nitrogens with zero attached hydrogens (tertiary/aromatic N) is 1. The Hall–Kier alpha value is -2.33. The molecular weight excluding hydrogens is 334 g/mol. The van der Waals surface area contributed by atoms with Gasteiger partial charge in [0, 0.05) is 0 Å². The smallest absolute Gasteiger partial charge is 0.259 e. The van der Waals surface area contributed by atoms with Crippen LogP contribution < -0.4 is 10.7 Å². The molecular formula is C20H24ClN3O. The standard InChI is InChI=1S/C20H24ClN3O/c1-2-3-5-13-18(16-10-6-4-7-11-16)23-24-20(25)15-22-19-14-9-8-12-17(19)21/h4,6-12,14,22H,2-3,5,13,15H2,1H3,(H,24,25). The lowest BCUT2D eigenvalue weighted by Crippen LogP contribution is -2.27. The predicted molar refractivity (Wildman–Crippen MR) is 105 cm³/mol. The molecule has 132 valence electrons. The second-order valence-electron chi connectivity index (χ2n) is 5.75. The lowest BCUT2D eigenvalue weighted by molar-refractivity contribution is -0.119. The van der Waals surface area contributed by atoms with Gasteiger partial charge in [0.2, 0.25) is 0 Å². The Morgan fingerprint density at radius 3 is 2.48 bits per heavy atom. The van der Waals surface area contributed by atoms with E-state index in [4.69, 9.17) is 11.6 Å². The van der Waals surface area contributed by atoms with Crippen LogP contribution in [-0.4, -0.2) is 18.2 Å². The zero-order valence-corrected chi connectivity index (χ0v) is 15.2. The van der Waals surface area contributed by atoms with Gasteiger partial charge in [-0.1, -0.05) is 73.8 Å². The van der Waals surface area contributed by atoms with Crippen LogP contribution in [0.3, 0.4) is 0 Å². The summed E-state index contributed by atoms with van der Waals surface area (Å²) in [6, 6.07) is 17.3. The molecule has 0 radical (unpaired) electrons. The van der Waals surface area contributed by atoms with Gasteiger partial charge in [-0.25, -0.2) is 5.43 Å². The fourth-order valence-corrected chi connectivity index (χ4v) is 2.59. The van der Waals surface area contributed by atoms with E-state index < -0.39 is 0 Å². The van der Waals surface area contributed by atoms with E-state index in [9.17, 15) is 4.79 Å². The number of anilines is 1. The number of hydrogen-bond donors (Lipinski definition) is 2. The summed E-state index contributed by atoms with van der Waals surface area (Å²) < 4.78 is 0. The monoisotopic (exact) mass is 357 g/mol. The maximum absolute atomic E-state index is 12.1. The number of nitrogens with one attached hydrogen (secondary N) is 2. The second-order valence-corrected chi connectivity index (χ2v) is 6.16. The van der Waals surface area contributed by atoms with E-state index in [0.717, 1.165) is 42.6 Å². The Morgan fingerprint density at radius 2 is 1.76 bits per heavy atom. The van der Waals surface area contributed by atoms with Gasteiger partial charge in [0.05, 0.1) is 23.0 Å². The van der Waals surface area contributed by atoms with E-state index in [1.807, 2.05) is 48.5 Å². The highest BCUT2D eigenvalue weighted by Gasteiger charge is 2.06. The fraction of sp³-hybridized carbons (Fsp3) is 0.300. The molecule has 0 spiro atoms. The van der Waals surface area contributed by atoms with Crippen LogP contribution in [0.25, 0.3) is 0 Å². The Kier molecular flexibility index (Phi) is 7.99. The lowest BCUT2D eigenvalue weighted by atomic mass is 10.0. The summed E-state index contributed by atoms with van der Waals surface area (Å²) in [6.07, 6.45) is 4.19. The number of rotatable bonds is 9. The van der Waals surface area contributed by atoms with Crippen LogP contribution in [0.5, 0.6) is 0 Å². The highest BCUT2D eigenvalue weighted by molar-refractivity contribution is 6.33. The molecule has 1 amide bonds. The lowest BCUT2D eigenvalue weighted by Gasteiger charge is -2.09. The highest BCUT2D eigenvalue weighted by Crippen LogP contribution is 2.19. The third kappa shape index (κ3) is 6.59. The predicted octanol–water partition coefficient (Wildman–Crippen LogP) is 4.85. The molecule has 0 fully saturated rings. The average Bonchev–Trinajstić information content (AvgIpc) is 2.64. The quantitative estimate of drug-likeness (QED) is 0.383. The van der Waals surface area contributed by atoms with E-state index in [-0.39, 0.29) is 12.5 Å². The third-order valence-electron chi connectivity index (χ3n) is 3.75. The van der Waals surface area contributed by atoms with E-state index in [2.05, 4.69) is 22.8 Å². The summed E-state index contributed by atoms with van der Waals surface area (Å²) in [4.78, 5) is 12.1. The molecule has 0 aliphatic rings. The largest absolute Gasteiger partial charge is 0.375 e. The normalized spacial score (nSPS) is 11.2. The fourth-order valence-electron chi connectivity index (χ4n) is 2.39. The molecule has 25 heavy (non-hydrogen) atoms. The zero-order chi connectivity index (χ0) is 17.9. The van der Waals surface area contributed by atoms with Crippen LogP contribution in [0.4, 0.5) is 5.69 Å². The number of benzene rings is 2. The Morgan fingerprint density at radius 1 is 1.04 bits per heavy atom. The zero-order valence-electron chi connectivity index (χ0n) is 14.5. The molecule has 0 unspecified atom stereocenters. The van der Waals surface area contributed by atoms with E-state index >= 15 is 0 Å². The molecule has 0 aliphatic heterocycles. The van der Waals surface area contributed by atoms with Crippen LogP contribution in [0, 0.1) is 0 Å². The molecule has 0 bridgehead atoms. The van der Waals surface area contributed by atoms with Gasteiger partial charge < -0.3 is 5.32 Å². The first-order valence-electron chi connectivity index (χ1n) is 8.60. The molecule has 0 atom stereocenters. The minimum atomic E-state index is -0.205. The molecule has 2 aromatic rings. The minimum Gasteiger partial charge on any atom is -0.375 e. The van der Waals surface area contributed by atoms with Crippen molar-refractivity contribution in [2.45, 2.75) is 32.6 Å². The number of para-hydroxylation sites is 1. The van der Waals surface area contributed by atoms with Gasteiger partial charge >= 0.3 is 0 Å². The summed E-state index contributed by atoms with van der Waals surface area (Å²) in [7, 11) is 0. The van der Waals surface area contributed by atoms with Gasteiger partial charge in [-0.3, -0.25) is 4.79 Å². The summed E-state index contributed by atoms with van der Waals surface area (Å²) in [5, 5.41) is 7.95. The molecule has 0 aromatic heterocycles. The molecule has 2 rings (SSSR count). The molecule has 0 saturated carbocycles. The van der Waals surface area contributed by atoms with Crippen molar-refractivity contribution < 1.29 is 4.79 Å². The number of hydrazone groups is 1. The maximum atomic E-state index is 12.1. The molecule has 0 saturated heterocycles. The molecule has 5 heteroatoms. The third-order valence-corrected chi connectivity index (χ3v) is 4.08. The summed E-state index contributed by atoms with van der Waals surface area (Å²) >= 11 is 6.06. The number of carbonyl (C=O) groups excluding carboxylic acids is 1. The van der Waals surface area contributed by atoms with Gasteiger partial charge in [0.25, 0.3) is 5.91 Å². The van der Waals surface area contributed by atoms with Crippen molar-refractivity contribution in [1.29, 1.82) is 0 Å². The van der Waals surface area contributed by atoms with Crippen molar-refractivity contribution in [3.63, 3.8) is 0 Å². The molecule has 2 N–H and O–H groups in total. The van der Waals surface area contributed by atoms with Crippen molar-refractivity contribution in [3.8, 4) is 0 Å². The number of amides is 1. The first-order valence-corrected chi connectivity index (χ1v) is 8.97. The molecule has 2 aromatic carbocycles. The van der Waals surface area contributed by atoms with Crippen LogP contribution in [0.1, 0.15) is 38.2 Å². The van der Waals surface area contributed by atoms with E-state index in [0.29, 0.717) is 5.02 Å². The van der Waals surface area contributed by atoms with Crippen molar-refractivity contribution in [2.24, 2.45) is 5.10 Å². The number of halogens is 1. The van der Waals surface area contributed by atoms with Gasteiger partial charge in [-0.2, -0.15) is 5.10 Å².